The molecule has 0 radical (unpaired) electrons. The van der Waals surface area contributed by atoms with Crippen molar-refractivity contribution in [3.63, 3.8) is 0 Å². The molecule has 0 bridgehead atoms. The summed E-state index contributed by atoms with van der Waals surface area (Å²) in [6.07, 6.45) is 6.65. The molecule has 0 aromatic rings. The smallest absolute Gasteiger partial charge is 0.137 e. The Hall–Kier alpha value is -0.960. The molecule has 0 rings (SSSR count). The number of nitrogens with one attached hydrogen (secondary N) is 1. The average Bonchev–Trinajstić information content (AvgIpc) is 1.89. The summed E-state index contributed by atoms with van der Waals surface area (Å²) in [5.74, 6) is 0. The molecule has 0 amide bonds. The molecular formula is C6H11N3. The minimum Gasteiger partial charge on any atom is -0.305 e. The van der Waals surface area contributed by atoms with Crippen LogP contribution < -0.4 is 5.73 Å². The van der Waals surface area contributed by atoms with Gasteiger partial charge in [0.1, 0.15) is 6.17 Å². The number of nitrogens with two attached hydrogens (primary N) is 1. The summed E-state index contributed by atoms with van der Waals surface area (Å²) in [7, 11) is 0. The molecule has 0 saturated heterocycles. The van der Waals surface area contributed by atoms with E-state index in [9.17, 15) is 0 Å². The SMILES string of the molecule is C/C=C\C=C\C(N)N=N. The van der Waals surface area contributed by atoms with Gasteiger partial charge in [-0.05, 0) is 13.0 Å². The Kier molecular flexibility index (Phi) is 4.63. The molecule has 0 aliphatic carbocycles. The fraction of sp³-hybridized carbons (Fsp3) is 0.333. The molecule has 3 nitrogen and oxygen atoms in total. The van der Waals surface area contributed by atoms with Gasteiger partial charge in [-0.15, -0.1) is 0 Å². The fourth-order valence-electron chi connectivity index (χ4n) is 0.332. The molecule has 9 heavy (non-hydrogen) atoms. The summed E-state index contributed by atoms with van der Waals surface area (Å²) in [6, 6.07) is 0. The molecule has 0 fully saturated rings. The first-order chi connectivity index (χ1) is 4.31. The third-order valence-corrected chi connectivity index (χ3v) is 0.761. The van der Waals surface area contributed by atoms with Gasteiger partial charge < -0.3 is 5.73 Å². The van der Waals surface area contributed by atoms with Gasteiger partial charge in [-0.3, -0.25) is 0 Å². The second kappa shape index (κ2) is 5.18. The molecule has 50 valence electrons. The minimum absolute atomic E-state index is 0.485. The average molecular weight is 125 g/mol. The van der Waals surface area contributed by atoms with Crippen molar-refractivity contribution in [2.75, 3.05) is 0 Å². The number of nitrogens with zero attached hydrogens (tertiary/aromatic N) is 1. The highest BCUT2D eigenvalue weighted by molar-refractivity contribution is 5.03. The molecular weight excluding hydrogens is 114 g/mol. The van der Waals surface area contributed by atoms with Crippen molar-refractivity contribution in [1.29, 1.82) is 5.53 Å². The van der Waals surface area contributed by atoms with Crippen LogP contribution in [0.3, 0.4) is 0 Å². The van der Waals surface area contributed by atoms with Crippen LogP contribution in [-0.4, -0.2) is 6.17 Å². The van der Waals surface area contributed by atoms with Gasteiger partial charge in [-0.2, -0.15) is 5.11 Å². The quantitative estimate of drug-likeness (QED) is 0.435. The predicted octanol–water partition coefficient (Wildman–Crippen LogP) is 1.43. The second-order valence-corrected chi connectivity index (χ2v) is 1.53. The molecule has 0 aromatic carbocycles. The first kappa shape index (κ1) is 8.04. The monoisotopic (exact) mass is 125 g/mol. The van der Waals surface area contributed by atoms with E-state index in [0.717, 1.165) is 0 Å². The predicted molar refractivity (Wildman–Crippen MR) is 37.1 cm³/mol. The Balaban J connectivity index is 3.55. The van der Waals surface area contributed by atoms with Gasteiger partial charge >= 0.3 is 0 Å². The van der Waals surface area contributed by atoms with Gasteiger partial charge in [0, 0.05) is 0 Å². The van der Waals surface area contributed by atoms with Crippen LogP contribution in [0.5, 0.6) is 0 Å². The molecule has 0 spiro atoms. The van der Waals surface area contributed by atoms with Crippen molar-refractivity contribution >= 4 is 0 Å². The van der Waals surface area contributed by atoms with Crippen molar-refractivity contribution < 1.29 is 0 Å². The highest BCUT2D eigenvalue weighted by atomic mass is 15.1. The minimum atomic E-state index is -0.485. The van der Waals surface area contributed by atoms with Crippen molar-refractivity contribution in [2.45, 2.75) is 13.1 Å². The topological polar surface area (TPSA) is 62.2 Å². The number of rotatable bonds is 3. The van der Waals surface area contributed by atoms with E-state index in [2.05, 4.69) is 5.11 Å². The first-order valence-electron chi connectivity index (χ1n) is 2.73. The van der Waals surface area contributed by atoms with Crippen LogP contribution in [0.25, 0.3) is 0 Å². The summed E-state index contributed by atoms with van der Waals surface area (Å²) in [4.78, 5) is 0. The van der Waals surface area contributed by atoms with E-state index in [4.69, 9.17) is 11.3 Å². The van der Waals surface area contributed by atoms with Gasteiger partial charge in [0.2, 0.25) is 0 Å². The molecule has 0 aromatic heterocycles. The second-order valence-electron chi connectivity index (χ2n) is 1.53. The van der Waals surface area contributed by atoms with Crippen molar-refractivity contribution in [3.05, 3.63) is 24.3 Å². The number of hydrogen-bond donors (Lipinski definition) is 2. The number of hydrogen-bond acceptors (Lipinski definition) is 3. The third kappa shape index (κ3) is 4.90. The van der Waals surface area contributed by atoms with Crippen molar-refractivity contribution in [3.8, 4) is 0 Å². The van der Waals surface area contributed by atoms with Crippen LogP contribution in [-0.2, 0) is 0 Å². The summed E-state index contributed by atoms with van der Waals surface area (Å²) < 4.78 is 0. The summed E-state index contributed by atoms with van der Waals surface area (Å²) in [6.45, 7) is 1.91. The molecule has 3 N–H and O–H groups in total. The largest absolute Gasteiger partial charge is 0.305 e. The standard InChI is InChI=1S/C6H11N3/c1-2-3-4-5-6(7)9-8/h2-6,8H,7H2,1H3/b3-2-,5-4+,9-8?. The first-order valence-corrected chi connectivity index (χ1v) is 2.73. The lowest BCUT2D eigenvalue weighted by atomic mass is 10.4. The zero-order valence-corrected chi connectivity index (χ0v) is 5.41. The Morgan fingerprint density at radius 2 is 2.22 bits per heavy atom. The highest BCUT2D eigenvalue weighted by Crippen LogP contribution is 1.83. The third-order valence-electron chi connectivity index (χ3n) is 0.761. The van der Waals surface area contributed by atoms with E-state index in [1.54, 1.807) is 12.2 Å². The van der Waals surface area contributed by atoms with Crippen LogP contribution in [0.1, 0.15) is 6.92 Å². The maximum atomic E-state index is 6.47. The van der Waals surface area contributed by atoms with E-state index in [-0.39, 0.29) is 0 Å². The van der Waals surface area contributed by atoms with Crippen LogP contribution in [0.15, 0.2) is 29.4 Å². The lowest BCUT2D eigenvalue weighted by molar-refractivity contribution is 0.781. The molecule has 0 aliphatic heterocycles. The molecule has 1 atom stereocenters. The highest BCUT2D eigenvalue weighted by Gasteiger charge is 1.84. The van der Waals surface area contributed by atoms with E-state index in [1.165, 1.54) is 0 Å². The zero-order chi connectivity index (χ0) is 7.11. The van der Waals surface area contributed by atoms with Crippen LogP contribution in [0.2, 0.25) is 0 Å². The van der Waals surface area contributed by atoms with Gasteiger partial charge in [-0.25, -0.2) is 5.53 Å². The van der Waals surface area contributed by atoms with E-state index < -0.39 is 6.17 Å². The van der Waals surface area contributed by atoms with Gasteiger partial charge in [-0.1, -0.05) is 18.2 Å². The summed E-state index contributed by atoms with van der Waals surface area (Å²) in [5, 5.41) is 3.07. The Labute approximate surface area is 54.8 Å². The summed E-state index contributed by atoms with van der Waals surface area (Å²) >= 11 is 0. The Morgan fingerprint density at radius 3 is 2.67 bits per heavy atom. The number of allylic oxidation sites excluding steroid dienone is 3. The normalized spacial score (nSPS) is 14.9. The van der Waals surface area contributed by atoms with Gasteiger partial charge in [0.25, 0.3) is 0 Å². The lowest BCUT2D eigenvalue weighted by Gasteiger charge is -1.90. The molecule has 3 heteroatoms. The fourth-order valence-corrected chi connectivity index (χ4v) is 0.332. The van der Waals surface area contributed by atoms with E-state index in [1.807, 2.05) is 19.1 Å². The maximum absolute atomic E-state index is 6.47. The Morgan fingerprint density at radius 1 is 1.56 bits per heavy atom. The molecule has 0 saturated carbocycles. The molecule has 1 unspecified atom stereocenters. The van der Waals surface area contributed by atoms with Crippen LogP contribution >= 0.6 is 0 Å². The van der Waals surface area contributed by atoms with Gasteiger partial charge in [0.15, 0.2) is 0 Å². The molecule has 0 heterocycles. The van der Waals surface area contributed by atoms with Crippen LogP contribution in [0.4, 0.5) is 0 Å². The summed E-state index contributed by atoms with van der Waals surface area (Å²) in [5.41, 5.74) is 11.7. The zero-order valence-electron chi connectivity index (χ0n) is 5.41. The maximum Gasteiger partial charge on any atom is 0.137 e. The van der Waals surface area contributed by atoms with Gasteiger partial charge in [0.05, 0.1) is 0 Å². The Bertz CT molecular complexity index is 126. The lowest BCUT2D eigenvalue weighted by Crippen LogP contribution is -2.11. The van der Waals surface area contributed by atoms with E-state index in [0.29, 0.717) is 0 Å². The van der Waals surface area contributed by atoms with Crippen LogP contribution in [0, 0.1) is 5.53 Å². The molecule has 0 aliphatic rings. The van der Waals surface area contributed by atoms with Crippen molar-refractivity contribution in [2.24, 2.45) is 10.8 Å². The van der Waals surface area contributed by atoms with Crippen molar-refractivity contribution in [1.82, 2.24) is 0 Å². The van der Waals surface area contributed by atoms with E-state index >= 15 is 0 Å².